The maximum Gasteiger partial charge on any atom is 0 e. The van der Waals surface area contributed by atoms with Crippen LogP contribution in [0.2, 0.25) is 0 Å². The minimum Gasteiger partial charge on any atom is -0.165 e. The standard InChI is InChI=1S/C11H11.Zr/c1-2-9-7-10-5-3-4-6-11(10)8-9;/h3-8H,2H2,1H3;/q-1;. The van der Waals surface area contributed by atoms with Crippen LogP contribution in [0.1, 0.15) is 12.5 Å². The van der Waals surface area contributed by atoms with Gasteiger partial charge in [-0.05, 0) is 6.42 Å². The van der Waals surface area contributed by atoms with Crippen LogP contribution in [-0.2, 0) is 32.6 Å². The molecule has 2 aromatic rings. The summed E-state index contributed by atoms with van der Waals surface area (Å²) in [5.41, 5.74) is 1.44. The molecule has 12 heavy (non-hydrogen) atoms. The van der Waals surface area contributed by atoms with Crippen molar-refractivity contribution in [1.82, 2.24) is 0 Å². The maximum absolute atomic E-state index is 2.26. The monoisotopic (exact) mass is 233 g/mol. The Kier molecular flexibility index (Phi) is 3.34. The van der Waals surface area contributed by atoms with Gasteiger partial charge in [0.15, 0.2) is 0 Å². The molecule has 0 bridgehead atoms. The second-order valence-corrected chi connectivity index (χ2v) is 2.85. The second-order valence-electron chi connectivity index (χ2n) is 2.85. The van der Waals surface area contributed by atoms with E-state index in [1.807, 2.05) is 0 Å². The molecular weight excluding hydrogens is 223 g/mol. The summed E-state index contributed by atoms with van der Waals surface area (Å²) in [5.74, 6) is 0. The minimum absolute atomic E-state index is 0. The van der Waals surface area contributed by atoms with Gasteiger partial charge in [0.05, 0.1) is 0 Å². The fourth-order valence-electron chi connectivity index (χ4n) is 1.42. The van der Waals surface area contributed by atoms with Gasteiger partial charge in [-0.3, -0.25) is 0 Å². The molecule has 0 N–H and O–H groups in total. The largest absolute Gasteiger partial charge is 0.165 e. The summed E-state index contributed by atoms with van der Waals surface area (Å²) in [7, 11) is 0. The maximum atomic E-state index is 2.26. The molecule has 0 amide bonds. The zero-order valence-electron chi connectivity index (χ0n) is 7.17. The zero-order chi connectivity index (χ0) is 7.68. The van der Waals surface area contributed by atoms with Gasteiger partial charge in [0.1, 0.15) is 0 Å². The molecule has 0 aliphatic heterocycles. The Labute approximate surface area is 92.1 Å². The SMILES string of the molecule is CCc1cc2ccccc2[cH-]1.[Zr]. The average molecular weight is 234 g/mol. The first-order valence-corrected chi connectivity index (χ1v) is 4.04. The van der Waals surface area contributed by atoms with Crippen molar-refractivity contribution in [3.63, 3.8) is 0 Å². The zero-order valence-corrected chi connectivity index (χ0v) is 9.63. The van der Waals surface area contributed by atoms with Crippen LogP contribution in [0.3, 0.4) is 0 Å². The predicted octanol–water partition coefficient (Wildman–Crippen LogP) is 3.12. The first-order chi connectivity index (χ1) is 5.40. The van der Waals surface area contributed by atoms with Crippen LogP contribution in [0.4, 0.5) is 0 Å². The first kappa shape index (κ1) is 9.80. The van der Waals surface area contributed by atoms with E-state index in [4.69, 9.17) is 0 Å². The summed E-state index contributed by atoms with van der Waals surface area (Å²) < 4.78 is 0. The van der Waals surface area contributed by atoms with Crippen LogP contribution < -0.4 is 0 Å². The number of aryl methyl sites for hydroxylation is 1. The van der Waals surface area contributed by atoms with E-state index in [9.17, 15) is 0 Å². The van der Waals surface area contributed by atoms with Crippen LogP contribution in [0.15, 0.2) is 36.4 Å². The Balaban J connectivity index is 0.000000720. The van der Waals surface area contributed by atoms with Gasteiger partial charge in [-0.25, -0.2) is 0 Å². The smallest absolute Gasteiger partial charge is 0 e. The molecule has 0 radical (unpaired) electrons. The third-order valence-corrected chi connectivity index (χ3v) is 2.09. The predicted molar refractivity (Wildman–Crippen MR) is 48.9 cm³/mol. The van der Waals surface area contributed by atoms with Crippen molar-refractivity contribution >= 4 is 10.8 Å². The molecule has 60 valence electrons. The Bertz CT molecular complexity index is 327. The van der Waals surface area contributed by atoms with Gasteiger partial charge < -0.3 is 0 Å². The van der Waals surface area contributed by atoms with Gasteiger partial charge in [-0.15, -0.1) is 40.6 Å². The molecule has 0 heterocycles. The molecule has 0 fully saturated rings. The van der Waals surface area contributed by atoms with E-state index in [1.165, 1.54) is 16.3 Å². The van der Waals surface area contributed by atoms with Crippen LogP contribution in [0.25, 0.3) is 10.8 Å². The summed E-state index contributed by atoms with van der Waals surface area (Å²) in [6.45, 7) is 2.19. The molecule has 2 aromatic carbocycles. The van der Waals surface area contributed by atoms with Crippen LogP contribution in [0.5, 0.6) is 0 Å². The van der Waals surface area contributed by atoms with Crippen molar-refractivity contribution in [2.45, 2.75) is 13.3 Å². The molecule has 0 aliphatic carbocycles. The molecule has 2 rings (SSSR count). The molecule has 0 saturated heterocycles. The fraction of sp³-hybridized carbons (Fsp3) is 0.182. The Morgan fingerprint density at radius 3 is 2.67 bits per heavy atom. The molecule has 0 spiro atoms. The summed E-state index contributed by atoms with van der Waals surface area (Å²) in [6.07, 6.45) is 1.13. The molecule has 0 nitrogen and oxygen atoms in total. The molecule has 0 atom stereocenters. The van der Waals surface area contributed by atoms with E-state index < -0.39 is 0 Å². The van der Waals surface area contributed by atoms with Gasteiger partial charge in [-0.2, -0.15) is 6.07 Å². The second kappa shape index (κ2) is 4.09. The number of fused-ring (bicyclic) bond motifs is 1. The van der Waals surface area contributed by atoms with Gasteiger partial charge >= 0.3 is 0 Å². The number of benzene rings is 1. The van der Waals surface area contributed by atoms with Crippen molar-refractivity contribution < 1.29 is 26.2 Å². The fourth-order valence-corrected chi connectivity index (χ4v) is 1.42. The molecule has 0 aromatic heterocycles. The molecule has 1 heteroatoms. The van der Waals surface area contributed by atoms with E-state index in [0.29, 0.717) is 0 Å². The van der Waals surface area contributed by atoms with E-state index in [0.717, 1.165) is 6.42 Å². The Hall–Kier alpha value is -0.287. The van der Waals surface area contributed by atoms with Gasteiger partial charge in [0, 0.05) is 26.2 Å². The van der Waals surface area contributed by atoms with Crippen molar-refractivity contribution in [3.8, 4) is 0 Å². The molecular formula is C11H11Zr-. The van der Waals surface area contributed by atoms with E-state index in [2.05, 4.69) is 43.3 Å². The van der Waals surface area contributed by atoms with Crippen molar-refractivity contribution in [1.29, 1.82) is 0 Å². The summed E-state index contributed by atoms with van der Waals surface area (Å²) in [4.78, 5) is 0. The third kappa shape index (κ3) is 1.72. The minimum atomic E-state index is 0. The first-order valence-electron chi connectivity index (χ1n) is 4.04. The Morgan fingerprint density at radius 1 is 1.25 bits per heavy atom. The number of hydrogen-bond acceptors (Lipinski definition) is 0. The molecule has 0 unspecified atom stereocenters. The molecule has 0 aliphatic rings. The van der Waals surface area contributed by atoms with Crippen LogP contribution >= 0.6 is 0 Å². The van der Waals surface area contributed by atoms with Gasteiger partial charge in [0.2, 0.25) is 0 Å². The Morgan fingerprint density at radius 2 is 2.00 bits per heavy atom. The van der Waals surface area contributed by atoms with E-state index >= 15 is 0 Å². The third-order valence-electron chi connectivity index (χ3n) is 2.09. The summed E-state index contributed by atoms with van der Waals surface area (Å²) in [6, 6.07) is 13.0. The van der Waals surface area contributed by atoms with Gasteiger partial charge in [-0.1, -0.05) is 13.0 Å². The normalized spacial score (nSPS) is 9.75. The average Bonchev–Trinajstić information content (AvgIpc) is 2.46. The van der Waals surface area contributed by atoms with Crippen molar-refractivity contribution in [3.05, 3.63) is 42.0 Å². The topological polar surface area (TPSA) is 0 Å². The summed E-state index contributed by atoms with van der Waals surface area (Å²) in [5, 5.41) is 2.73. The van der Waals surface area contributed by atoms with Crippen LogP contribution in [-0.4, -0.2) is 0 Å². The van der Waals surface area contributed by atoms with Crippen LogP contribution in [0, 0.1) is 0 Å². The number of hydrogen-bond donors (Lipinski definition) is 0. The summed E-state index contributed by atoms with van der Waals surface area (Å²) >= 11 is 0. The molecule has 0 saturated carbocycles. The van der Waals surface area contributed by atoms with E-state index in [1.54, 1.807) is 0 Å². The quantitative estimate of drug-likeness (QED) is 0.665. The van der Waals surface area contributed by atoms with Gasteiger partial charge in [0.25, 0.3) is 0 Å². The van der Waals surface area contributed by atoms with Crippen molar-refractivity contribution in [2.24, 2.45) is 0 Å². The number of rotatable bonds is 1. The van der Waals surface area contributed by atoms with E-state index in [-0.39, 0.29) is 26.2 Å². The van der Waals surface area contributed by atoms with Crippen molar-refractivity contribution in [2.75, 3.05) is 0 Å².